The maximum atomic E-state index is 5.43. The highest BCUT2D eigenvalue weighted by atomic mass is 16.5. The van der Waals surface area contributed by atoms with Crippen LogP contribution in [0.25, 0.3) is 0 Å². The molecule has 0 spiro atoms. The van der Waals surface area contributed by atoms with Gasteiger partial charge in [-0.1, -0.05) is 11.6 Å². The summed E-state index contributed by atoms with van der Waals surface area (Å²) in [6.45, 7) is 3.61. The summed E-state index contributed by atoms with van der Waals surface area (Å²) in [5.74, 6) is 0. The summed E-state index contributed by atoms with van der Waals surface area (Å²) >= 11 is 0. The Morgan fingerprint density at radius 2 is 2.60 bits per heavy atom. The zero-order valence-electron chi connectivity index (χ0n) is 6.47. The number of nitrogens with two attached hydrogens (primary N) is 1. The Balaban J connectivity index is 2.34. The Labute approximate surface area is 62.1 Å². The van der Waals surface area contributed by atoms with Crippen LogP contribution in [-0.2, 0) is 4.74 Å². The molecule has 0 aromatic rings. The van der Waals surface area contributed by atoms with Gasteiger partial charge in [0.25, 0.3) is 0 Å². The van der Waals surface area contributed by atoms with Gasteiger partial charge in [-0.05, 0) is 19.8 Å². The largest absolute Gasteiger partial charge is 0.374 e. The highest BCUT2D eigenvalue weighted by Crippen LogP contribution is 2.14. The first-order valence-corrected chi connectivity index (χ1v) is 3.82. The van der Waals surface area contributed by atoms with Crippen molar-refractivity contribution in [2.24, 2.45) is 5.73 Å². The molecular weight excluding hydrogens is 126 g/mol. The Morgan fingerprint density at radius 1 is 1.80 bits per heavy atom. The van der Waals surface area contributed by atoms with Gasteiger partial charge >= 0.3 is 0 Å². The van der Waals surface area contributed by atoms with E-state index in [9.17, 15) is 0 Å². The van der Waals surface area contributed by atoms with E-state index in [2.05, 4.69) is 6.08 Å². The highest BCUT2D eigenvalue weighted by molar-refractivity contribution is 5.04. The van der Waals surface area contributed by atoms with Gasteiger partial charge in [-0.15, -0.1) is 0 Å². The van der Waals surface area contributed by atoms with Crippen LogP contribution in [0.1, 0.15) is 19.8 Å². The topological polar surface area (TPSA) is 35.2 Å². The lowest BCUT2D eigenvalue weighted by molar-refractivity contribution is 0.145. The van der Waals surface area contributed by atoms with Crippen molar-refractivity contribution >= 4 is 0 Å². The van der Waals surface area contributed by atoms with Gasteiger partial charge in [-0.25, -0.2) is 0 Å². The summed E-state index contributed by atoms with van der Waals surface area (Å²) in [6.07, 6.45) is 4.84. The second kappa shape index (κ2) is 3.74. The van der Waals surface area contributed by atoms with Crippen LogP contribution in [0.4, 0.5) is 0 Å². The number of hydrogen-bond acceptors (Lipinski definition) is 2. The van der Waals surface area contributed by atoms with Crippen LogP contribution in [0.5, 0.6) is 0 Å². The minimum absolute atomic E-state index is 0.351. The molecule has 2 heteroatoms. The van der Waals surface area contributed by atoms with E-state index in [1.807, 2.05) is 6.92 Å². The Morgan fingerprint density at radius 3 is 3.10 bits per heavy atom. The molecule has 1 rings (SSSR count). The maximum Gasteiger partial charge on any atom is 0.0759 e. The molecule has 0 aromatic carbocycles. The molecule has 2 nitrogen and oxygen atoms in total. The van der Waals surface area contributed by atoms with Crippen LogP contribution in [0.2, 0.25) is 0 Å². The predicted molar refractivity (Wildman–Crippen MR) is 41.8 cm³/mol. The molecule has 1 saturated heterocycles. The van der Waals surface area contributed by atoms with E-state index < -0.39 is 0 Å². The summed E-state index contributed by atoms with van der Waals surface area (Å²) < 4.78 is 5.39. The molecule has 2 N–H and O–H groups in total. The first kappa shape index (κ1) is 7.76. The SMILES string of the molecule is C/C(=C\C1CCCO1)CN. The maximum absolute atomic E-state index is 5.43. The molecular formula is C8H15NO. The van der Waals surface area contributed by atoms with Gasteiger partial charge in [-0.2, -0.15) is 0 Å². The van der Waals surface area contributed by atoms with E-state index in [0.717, 1.165) is 13.0 Å². The van der Waals surface area contributed by atoms with Crippen LogP contribution < -0.4 is 5.73 Å². The third-order valence-electron chi connectivity index (χ3n) is 1.76. The van der Waals surface area contributed by atoms with Crippen molar-refractivity contribution in [2.75, 3.05) is 13.2 Å². The minimum Gasteiger partial charge on any atom is -0.374 e. The molecule has 0 amide bonds. The standard InChI is InChI=1S/C8H15NO/c1-7(6-9)5-8-3-2-4-10-8/h5,8H,2-4,6,9H2,1H3/b7-5+. The van der Waals surface area contributed by atoms with E-state index in [1.54, 1.807) is 0 Å². The van der Waals surface area contributed by atoms with Crippen molar-refractivity contribution < 1.29 is 4.74 Å². The molecule has 1 aliphatic heterocycles. The van der Waals surface area contributed by atoms with Gasteiger partial charge < -0.3 is 10.5 Å². The van der Waals surface area contributed by atoms with E-state index in [1.165, 1.54) is 12.0 Å². The average molecular weight is 141 g/mol. The van der Waals surface area contributed by atoms with Gasteiger partial charge in [-0.3, -0.25) is 0 Å². The number of rotatable bonds is 2. The van der Waals surface area contributed by atoms with Gasteiger partial charge in [0.1, 0.15) is 0 Å². The lowest BCUT2D eigenvalue weighted by Gasteiger charge is -2.03. The molecule has 1 heterocycles. The smallest absolute Gasteiger partial charge is 0.0759 e. The van der Waals surface area contributed by atoms with Crippen molar-refractivity contribution in [3.05, 3.63) is 11.6 Å². The van der Waals surface area contributed by atoms with Crippen LogP contribution in [-0.4, -0.2) is 19.3 Å². The molecule has 0 bridgehead atoms. The van der Waals surface area contributed by atoms with E-state index >= 15 is 0 Å². The van der Waals surface area contributed by atoms with Crippen molar-refractivity contribution in [3.8, 4) is 0 Å². The van der Waals surface area contributed by atoms with E-state index in [0.29, 0.717) is 12.6 Å². The number of ether oxygens (including phenoxy) is 1. The van der Waals surface area contributed by atoms with Crippen molar-refractivity contribution in [3.63, 3.8) is 0 Å². The first-order valence-electron chi connectivity index (χ1n) is 3.82. The summed E-state index contributed by atoms with van der Waals surface area (Å²) in [4.78, 5) is 0. The Bertz CT molecular complexity index is 125. The van der Waals surface area contributed by atoms with Gasteiger partial charge in [0, 0.05) is 13.2 Å². The molecule has 0 aromatic heterocycles. The molecule has 58 valence electrons. The van der Waals surface area contributed by atoms with E-state index in [4.69, 9.17) is 10.5 Å². The van der Waals surface area contributed by atoms with Crippen LogP contribution in [0, 0.1) is 0 Å². The fraction of sp³-hybridized carbons (Fsp3) is 0.750. The van der Waals surface area contributed by atoms with Crippen LogP contribution in [0.15, 0.2) is 11.6 Å². The zero-order valence-corrected chi connectivity index (χ0v) is 6.47. The van der Waals surface area contributed by atoms with Crippen LogP contribution >= 0.6 is 0 Å². The third kappa shape index (κ3) is 2.12. The molecule has 0 saturated carbocycles. The van der Waals surface area contributed by atoms with Gasteiger partial charge in [0.05, 0.1) is 6.10 Å². The zero-order chi connectivity index (χ0) is 7.40. The molecule has 0 radical (unpaired) electrons. The monoisotopic (exact) mass is 141 g/mol. The quantitative estimate of drug-likeness (QED) is 0.584. The fourth-order valence-electron chi connectivity index (χ4n) is 1.12. The van der Waals surface area contributed by atoms with Crippen molar-refractivity contribution in [1.29, 1.82) is 0 Å². The lowest BCUT2D eigenvalue weighted by atomic mass is 10.2. The van der Waals surface area contributed by atoms with Gasteiger partial charge in [0.15, 0.2) is 0 Å². The molecule has 0 aliphatic carbocycles. The summed E-state index contributed by atoms with van der Waals surface area (Å²) in [6, 6.07) is 0. The fourth-order valence-corrected chi connectivity index (χ4v) is 1.12. The highest BCUT2D eigenvalue weighted by Gasteiger charge is 2.11. The Hall–Kier alpha value is -0.340. The summed E-state index contributed by atoms with van der Waals surface area (Å²) in [7, 11) is 0. The van der Waals surface area contributed by atoms with E-state index in [-0.39, 0.29) is 0 Å². The molecule has 1 atom stereocenters. The summed E-state index contributed by atoms with van der Waals surface area (Å²) in [5.41, 5.74) is 6.65. The predicted octanol–water partition coefficient (Wildman–Crippen LogP) is 1.07. The molecule has 1 unspecified atom stereocenters. The minimum atomic E-state index is 0.351. The molecule has 10 heavy (non-hydrogen) atoms. The Kier molecular flexibility index (Phi) is 2.90. The molecule has 1 aliphatic rings. The second-order valence-electron chi connectivity index (χ2n) is 2.77. The number of hydrogen-bond donors (Lipinski definition) is 1. The van der Waals surface area contributed by atoms with Crippen LogP contribution in [0.3, 0.4) is 0 Å². The van der Waals surface area contributed by atoms with Crippen molar-refractivity contribution in [1.82, 2.24) is 0 Å². The second-order valence-corrected chi connectivity index (χ2v) is 2.77. The normalized spacial score (nSPS) is 27.4. The summed E-state index contributed by atoms with van der Waals surface area (Å²) in [5, 5.41) is 0. The lowest BCUT2D eigenvalue weighted by Crippen LogP contribution is -2.06. The van der Waals surface area contributed by atoms with Crippen molar-refractivity contribution in [2.45, 2.75) is 25.9 Å². The van der Waals surface area contributed by atoms with Gasteiger partial charge in [0.2, 0.25) is 0 Å². The third-order valence-corrected chi connectivity index (χ3v) is 1.76. The average Bonchev–Trinajstić information content (AvgIpc) is 2.40. The molecule has 1 fully saturated rings. The first-order chi connectivity index (χ1) is 4.83.